The quantitative estimate of drug-likeness (QED) is 0.655. The van der Waals surface area contributed by atoms with Gasteiger partial charge in [0.25, 0.3) is 0 Å². The summed E-state index contributed by atoms with van der Waals surface area (Å²) >= 11 is 8.55. The predicted molar refractivity (Wildman–Crippen MR) is 87.5 cm³/mol. The van der Waals surface area contributed by atoms with Gasteiger partial charge in [0.2, 0.25) is 0 Å². The predicted octanol–water partition coefficient (Wildman–Crippen LogP) is 5.22. The van der Waals surface area contributed by atoms with Crippen molar-refractivity contribution in [1.82, 2.24) is 0 Å². The van der Waals surface area contributed by atoms with Crippen LogP contribution in [0.2, 0.25) is 5.02 Å². The van der Waals surface area contributed by atoms with Crippen molar-refractivity contribution in [3.8, 4) is 6.07 Å². The van der Waals surface area contributed by atoms with Crippen LogP contribution in [0.5, 0.6) is 0 Å². The molecular formula is C16H13ClIN. The third-order valence-electron chi connectivity index (χ3n) is 3.13. The SMILES string of the molecule is Cc1ccc(C(C#N)c2cc(C)c(I)cc2Cl)cc1. The Hall–Kier alpha value is -1.05. The number of hydrogen-bond donors (Lipinski definition) is 0. The maximum absolute atomic E-state index is 9.48. The molecule has 0 spiro atoms. The largest absolute Gasteiger partial charge is 0.197 e. The summed E-state index contributed by atoms with van der Waals surface area (Å²) in [5.41, 5.74) is 4.19. The highest BCUT2D eigenvalue weighted by molar-refractivity contribution is 14.1. The molecule has 2 aromatic carbocycles. The minimum absolute atomic E-state index is 0.316. The third-order valence-corrected chi connectivity index (χ3v) is 4.62. The molecule has 0 amide bonds. The smallest absolute Gasteiger partial charge is 0.0977 e. The Balaban J connectivity index is 2.52. The van der Waals surface area contributed by atoms with Crippen molar-refractivity contribution in [2.75, 3.05) is 0 Å². The second kappa shape index (κ2) is 5.94. The van der Waals surface area contributed by atoms with Crippen LogP contribution >= 0.6 is 34.2 Å². The highest BCUT2D eigenvalue weighted by atomic mass is 127. The lowest BCUT2D eigenvalue weighted by Gasteiger charge is -2.14. The summed E-state index contributed by atoms with van der Waals surface area (Å²) in [4.78, 5) is 0. The molecule has 0 aliphatic rings. The van der Waals surface area contributed by atoms with Gasteiger partial charge in [0.1, 0.15) is 0 Å². The second-order valence-electron chi connectivity index (χ2n) is 4.60. The zero-order valence-corrected chi connectivity index (χ0v) is 13.7. The normalized spacial score (nSPS) is 11.9. The molecule has 0 fully saturated rings. The van der Waals surface area contributed by atoms with Crippen LogP contribution in [0.3, 0.4) is 0 Å². The molecule has 0 aliphatic heterocycles. The van der Waals surface area contributed by atoms with E-state index < -0.39 is 0 Å². The van der Waals surface area contributed by atoms with E-state index in [1.807, 2.05) is 50.2 Å². The van der Waals surface area contributed by atoms with E-state index in [9.17, 15) is 5.26 Å². The van der Waals surface area contributed by atoms with E-state index in [-0.39, 0.29) is 5.92 Å². The Morgan fingerprint density at radius 3 is 2.37 bits per heavy atom. The van der Waals surface area contributed by atoms with Crippen molar-refractivity contribution in [2.45, 2.75) is 19.8 Å². The van der Waals surface area contributed by atoms with Gasteiger partial charge in [-0.15, -0.1) is 0 Å². The van der Waals surface area contributed by atoms with E-state index in [2.05, 4.69) is 28.7 Å². The van der Waals surface area contributed by atoms with Crippen molar-refractivity contribution in [1.29, 1.82) is 5.26 Å². The van der Waals surface area contributed by atoms with Crippen LogP contribution in [0.25, 0.3) is 0 Å². The van der Waals surface area contributed by atoms with Crippen molar-refractivity contribution >= 4 is 34.2 Å². The van der Waals surface area contributed by atoms with Crippen molar-refractivity contribution in [3.63, 3.8) is 0 Å². The summed E-state index contributed by atoms with van der Waals surface area (Å²) in [7, 11) is 0. The van der Waals surface area contributed by atoms with Gasteiger partial charge in [0.05, 0.1) is 12.0 Å². The summed E-state index contributed by atoms with van der Waals surface area (Å²) in [5.74, 6) is -0.316. The third kappa shape index (κ3) is 3.10. The van der Waals surface area contributed by atoms with Crippen molar-refractivity contribution in [3.05, 3.63) is 67.2 Å². The van der Waals surface area contributed by atoms with Crippen LogP contribution in [0.1, 0.15) is 28.2 Å². The maximum Gasteiger partial charge on any atom is 0.0977 e. The number of nitrogens with zero attached hydrogens (tertiary/aromatic N) is 1. The zero-order valence-electron chi connectivity index (χ0n) is 10.7. The zero-order chi connectivity index (χ0) is 14.0. The highest BCUT2D eigenvalue weighted by Gasteiger charge is 2.17. The number of rotatable bonds is 2. The first-order valence-electron chi connectivity index (χ1n) is 5.94. The molecule has 3 heteroatoms. The van der Waals surface area contributed by atoms with Crippen LogP contribution in [0.4, 0.5) is 0 Å². The Kier molecular flexibility index (Phi) is 4.49. The molecule has 0 saturated carbocycles. The van der Waals surface area contributed by atoms with Crippen molar-refractivity contribution in [2.24, 2.45) is 0 Å². The fraction of sp³-hybridized carbons (Fsp3) is 0.188. The van der Waals surface area contributed by atoms with Crippen LogP contribution < -0.4 is 0 Å². The lowest BCUT2D eigenvalue weighted by atomic mass is 9.91. The second-order valence-corrected chi connectivity index (χ2v) is 6.17. The fourth-order valence-corrected chi connectivity index (χ4v) is 2.91. The first-order valence-corrected chi connectivity index (χ1v) is 7.40. The molecule has 0 aliphatic carbocycles. The van der Waals surface area contributed by atoms with E-state index in [1.165, 1.54) is 5.56 Å². The van der Waals surface area contributed by atoms with Crippen LogP contribution in [-0.4, -0.2) is 0 Å². The highest BCUT2D eigenvalue weighted by Crippen LogP contribution is 2.32. The standard InChI is InChI=1S/C16H13ClIN/c1-10-3-5-12(6-4-10)14(9-19)13-7-11(2)16(18)8-15(13)17/h3-8,14H,1-2H3. The van der Waals surface area contributed by atoms with Gasteiger partial charge in [-0.25, -0.2) is 0 Å². The summed E-state index contributed by atoms with van der Waals surface area (Å²) in [6.07, 6.45) is 0. The molecule has 0 heterocycles. The van der Waals surface area contributed by atoms with Crippen LogP contribution in [-0.2, 0) is 0 Å². The van der Waals surface area contributed by atoms with Gasteiger partial charge >= 0.3 is 0 Å². The molecule has 0 saturated heterocycles. The Morgan fingerprint density at radius 2 is 1.79 bits per heavy atom. The molecule has 0 radical (unpaired) electrons. The molecule has 2 rings (SSSR count). The molecular weight excluding hydrogens is 369 g/mol. The Labute approximate surface area is 132 Å². The van der Waals surface area contributed by atoms with E-state index in [0.29, 0.717) is 5.02 Å². The lowest BCUT2D eigenvalue weighted by molar-refractivity contribution is 1.03. The molecule has 0 bridgehead atoms. The van der Waals surface area contributed by atoms with E-state index >= 15 is 0 Å². The molecule has 0 aromatic heterocycles. The first-order chi connectivity index (χ1) is 9.02. The Bertz CT molecular complexity index is 641. The summed E-state index contributed by atoms with van der Waals surface area (Å²) in [5, 5.41) is 10.1. The van der Waals surface area contributed by atoms with Gasteiger partial charge in [-0.2, -0.15) is 5.26 Å². The molecule has 1 atom stereocenters. The van der Waals surface area contributed by atoms with Gasteiger partial charge in [0.15, 0.2) is 0 Å². The molecule has 19 heavy (non-hydrogen) atoms. The number of hydrogen-bond acceptors (Lipinski definition) is 1. The Morgan fingerprint density at radius 1 is 1.16 bits per heavy atom. The minimum atomic E-state index is -0.316. The van der Waals surface area contributed by atoms with E-state index in [0.717, 1.165) is 20.3 Å². The number of nitriles is 1. The fourth-order valence-electron chi connectivity index (χ4n) is 1.98. The first kappa shape index (κ1) is 14.4. The van der Waals surface area contributed by atoms with Gasteiger partial charge in [0, 0.05) is 8.59 Å². The van der Waals surface area contributed by atoms with Gasteiger partial charge in [-0.1, -0.05) is 47.5 Å². The topological polar surface area (TPSA) is 23.8 Å². The van der Waals surface area contributed by atoms with Gasteiger partial charge < -0.3 is 0 Å². The monoisotopic (exact) mass is 381 g/mol. The van der Waals surface area contributed by atoms with Crippen LogP contribution in [0, 0.1) is 28.7 Å². The maximum atomic E-state index is 9.48. The molecule has 2 aromatic rings. The molecule has 1 unspecified atom stereocenters. The number of aryl methyl sites for hydroxylation is 2. The lowest BCUT2D eigenvalue weighted by Crippen LogP contribution is -2.00. The van der Waals surface area contributed by atoms with E-state index in [1.54, 1.807) is 0 Å². The van der Waals surface area contributed by atoms with E-state index in [4.69, 9.17) is 11.6 Å². The number of benzene rings is 2. The molecule has 96 valence electrons. The summed E-state index contributed by atoms with van der Waals surface area (Å²) in [6.45, 7) is 4.07. The van der Waals surface area contributed by atoms with Crippen LogP contribution in [0.15, 0.2) is 36.4 Å². The average Bonchev–Trinajstić information content (AvgIpc) is 2.38. The van der Waals surface area contributed by atoms with Crippen molar-refractivity contribution < 1.29 is 0 Å². The average molecular weight is 382 g/mol. The van der Waals surface area contributed by atoms with Gasteiger partial charge in [-0.3, -0.25) is 0 Å². The number of halogens is 2. The summed E-state index contributed by atoms with van der Waals surface area (Å²) < 4.78 is 1.12. The molecule has 1 nitrogen and oxygen atoms in total. The molecule has 0 N–H and O–H groups in total. The van der Waals surface area contributed by atoms with Gasteiger partial charge in [-0.05, 0) is 59.2 Å². The minimum Gasteiger partial charge on any atom is -0.197 e. The summed E-state index contributed by atoms with van der Waals surface area (Å²) in [6, 6.07) is 14.3.